The third kappa shape index (κ3) is 5.23. The van der Waals surface area contributed by atoms with Crippen molar-refractivity contribution in [3.8, 4) is 5.75 Å². The van der Waals surface area contributed by atoms with Crippen LogP contribution in [-0.4, -0.2) is 19.2 Å². The fourth-order valence-corrected chi connectivity index (χ4v) is 2.11. The summed E-state index contributed by atoms with van der Waals surface area (Å²) in [5, 5.41) is 3.44. The molecular weight excluding hydrogens is 234 g/mol. The minimum Gasteiger partial charge on any atom is -0.489 e. The van der Waals surface area contributed by atoms with Gasteiger partial charge >= 0.3 is 0 Å². The fourth-order valence-electron chi connectivity index (χ4n) is 2.11. The van der Waals surface area contributed by atoms with Crippen LogP contribution in [0.2, 0.25) is 0 Å². The van der Waals surface area contributed by atoms with Crippen molar-refractivity contribution in [2.75, 3.05) is 13.1 Å². The summed E-state index contributed by atoms with van der Waals surface area (Å²) in [5.41, 5.74) is 2.57. The molecule has 0 spiro atoms. The minimum absolute atomic E-state index is 0.255. The second kappa shape index (κ2) is 8.21. The molecule has 0 heterocycles. The van der Waals surface area contributed by atoms with Gasteiger partial charge in [-0.2, -0.15) is 0 Å². The van der Waals surface area contributed by atoms with Gasteiger partial charge in [0, 0.05) is 6.54 Å². The van der Waals surface area contributed by atoms with E-state index in [1.807, 2.05) is 0 Å². The van der Waals surface area contributed by atoms with Crippen LogP contribution in [0, 0.1) is 6.92 Å². The van der Waals surface area contributed by atoms with Gasteiger partial charge in [0.2, 0.25) is 0 Å². The van der Waals surface area contributed by atoms with Crippen molar-refractivity contribution in [1.29, 1.82) is 0 Å². The molecule has 0 saturated heterocycles. The lowest BCUT2D eigenvalue weighted by Crippen LogP contribution is -2.31. The maximum absolute atomic E-state index is 6.22. The largest absolute Gasteiger partial charge is 0.489 e. The van der Waals surface area contributed by atoms with Crippen LogP contribution in [0.25, 0.3) is 0 Å². The van der Waals surface area contributed by atoms with Crippen molar-refractivity contribution in [3.63, 3.8) is 0 Å². The monoisotopic (exact) mass is 263 g/mol. The molecule has 108 valence electrons. The summed E-state index contributed by atoms with van der Waals surface area (Å²) >= 11 is 0. The summed E-state index contributed by atoms with van der Waals surface area (Å²) < 4.78 is 6.22. The van der Waals surface area contributed by atoms with Crippen LogP contribution >= 0.6 is 0 Å². The van der Waals surface area contributed by atoms with Crippen LogP contribution in [0.15, 0.2) is 18.2 Å². The molecule has 1 aromatic rings. The average Bonchev–Trinajstić information content (AvgIpc) is 2.37. The highest BCUT2D eigenvalue weighted by molar-refractivity contribution is 5.39. The van der Waals surface area contributed by atoms with E-state index in [4.69, 9.17) is 4.74 Å². The summed E-state index contributed by atoms with van der Waals surface area (Å²) in [6.07, 6.45) is 2.45. The molecule has 0 aliphatic heterocycles. The van der Waals surface area contributed by atoms with Gasteiger partial charge in [-0.3, -0.25) is 0 Å². The molecule has 0 aromatic heterocycles. The Morgan fingerprint density at radius 3 is 2.53 bits per heavy atom. The minimum atomic E-state index is 0.255. The van der Waals surface area contributed by atoms with E-state index in [-0.39, 0.29) is 6.10 Å². The molecule has 1 rings (SSSR count). The molecule has 0 aliphatic rings. The molecule has 1 N–H and O–H groups in total. The molecule has 1 atom stereocenters. The molecule has 2 heteroatoms. The third-order valence-electron chi connectivity index (χ3n) is 3.34. The highest BCUT2D eigenvalue weighted by Crippen LogP contribution is 2.28. The summed E-state index contributed by atoms with van der Waals surface area (Å²) in [6.45, 7) is 12.9. The second-order valence-corrected chi connectivity index (χ2v) is 5.55. The Morgan fingerprint density at radius 1 is 1.21 bits per heavy atom. The Hall–Kier alpha value is -1.02. The van der Waals surface area contributed by atoms with Gasteiger partial charge in [-0.15, -0.1) is 0 Å². The maximum atomic E-state index is 6.22. The molecule has 2 nitrogen and oxygen atoms in total. The highest BCUT2D eigenvalue weighted by atomic mass is 16.5. The van der Waals surface area contributed by atoms with Crippen molar-refractivity contribution in [1.82, 2.24) is 5.32 Å². The van der Waals surface area contributed by atoms with Crippen molar-refractivity contribution in [3.05, 3.63) is 29.3 Å². The normalized spacial score (nSPS) is 12.7. The number of rotatable bonds is 8. The zero-order valence-electron chi connectivity index (χ0n) is 13.1. The quantitative estimate of drug-likeness (QED) is 0.707. The summed E-state index contributed by atoms with van der Waals surface area (Å²) in [4.78, 5) is 0. The Kier molecular flexibility index (Phi) is 6.93. The lowest BCUT2D eigenvalue weighted by Gasteiger charge is -2.22. The van der Waals surface area contributed by atoms with E-state index in [2.05, 4.69) is 58.1 Å². The number of nitrogens with one attached hydrogen (secondary N) is 1. The van der Waals surface area contributed by atoms with Gasteiger partial charge in [0.25, 0.3) is 0 Å². The van der Waals surface area contributed by atoms with Crippen LogP contribution in [0.3, 0.4) is 0 Å². The first-order chi connectivity index (χ1) is 9.08. The van der Waals surface area contributed by atoms with Gasteiger partial charge in [0.15, 0.2) is 0 Å². The van der Waals surface area contributed by atoms with Crippen LogP contribution in [0.5, 0.6) is 5.75 Å². The molecule has 19 heavy (non-hydrogen) atoms. The van der Waals surface area contributed by atoms with E-state index in [0.717, 1.165) is 31.7 Å². The van der Waals surface area contributed by atoms with E-state index in [9.17, 15) is 0 Å². The smallest absolute Gasteiger partial charge is 0.123 e. The van der Waals surface area contributed by atoms with Gasteiger partial charge in [-0.25, -0.2) is 0 Å². The average molecular weight is 263 g/mol. The molecule has 1 aromatic carbocycles. The summed E-state index contributed by atoms with van der Waals surface area (Å²) in [7, 11) is 0. The highest BCUT2D eigenvalue weighted by Gasteiger charge is 2.13. The van der Waals surface area contributed by atoms with Crippen LogP contribution in [-0.2, 0) is 0 Å². The predicted molar refractivity (Wildman–Crippen MR) is 83.1 cm³/mol. The number of benzene rings is 1. The number of hydrogen-bond donors (Lipinski definition) is 1. The Morgan fingerprint density at radius 2 is 1.95 bits per heavy atom. The van der Waals surface area contributed by atoms with Gasteiger partial charge < -0.3 is 10.1 Å². The van der Waals surface area contributed by atoms with E-state index in [0.29, 0.717) is 5.92 Å². The molecule has 0 bridgehead atoms. The first kappa shape index (κ1) is 16.0. The first-order valence-electron chi connectivity index (χ1n) is 7.56. The first-order valence-corrected chi connectivity index (χ1v) is 7.56. The third-order valence-corrected chi connectivity index (χ3v) is 3.34. The molecule has 0 fully saturated rings. The Labute approximate surface area is 118 Å². The van der Waals surface area contributed by atoms with E-state index in [1.54, 1.807) is 0 Å². The fraction of sp³-hybridized carbons (Fsp3) is 0.647. The standard InChI is InChI=1S/C17H29NO/c1-6-10-18-12-15(7-2)19-17-11-14(5)8-9-16(17)13(3)4/h8-9,11,13,15,18H,6-7,10,12H2,1-5H3. The molecule has 0 radical (unpaired) electrons. The number of aryl methyl sites for hydroxylation is 1. The zero-order valence-corrected chi connectivity index (χ0v) is 13.1. The summed E-state index contributed by atoms with van der Waals surface area (Å²) in [6, 6.07) is 6.53. The zero-order chi connectivity index (χ0) is 14.3. The predicted octanol–water partition coefficient (Wildman–Crippen LogP) is 4.28. The van der Waals surface area contributed by atoms with Crippen molar-refractivity contribution in [2.45, 2.75) is 59.5 Å². The topological polar surface area (TPSA) is 21.3 Å². The molecule has 1 unspecified atom stereocenters. The summed E-state index contributed by atoms with van der Waals surface area (Å²) in [5.74, 6) is 1.55. The van der Waals surface area contributed by atoms with Crippen LogP contribution < -0.4 is 10.1 Å². The second-order valence-electron chi connectivity index (χ2n) is 5.55. The number of hydrogen-bond acceptors (Lipinski definition) is 2. The molecule has 0 amide bonds. The van der Waals surface area contributed by atoms with Crippen molar-refractivity contribution >= 4 is 0 Å². The maximum Gasteiger partial charge on any atom is 0.123 e. The van der Waals surface area contributed by atoms with E-state index >= 15 is 0 Å². The van der Waals surface area contributed by atoms with Gasteiger partial charge in [-0.05, 0) is 49.4 Å². The molecule has 0 saturated carbocycles. The van der Waals surface area contributed by atoms with Crippen LogP contribution in [0.1, 0.15) is 57.6 Å². The van der Waals surface area contributed by atoms with E-state index < -0.39 is 0 Å². The van der Waals surface area contributed by atoms with Gasteiger partial charge in [-0.1, -0.05) is 39.8 Å². The lowest BCUT2D eigenvalue weighted by atomic mass is 10.0. The molecule has 0 aliphatic carbocycles. The molecular formula is C17H29NO. The van der Waals surface area contributed by atoms with Crippen LogP contribution in [0.4, 0.5) is 0 Å². The van der Waals surface area contributed by atoms with Crippen molar-refractivity contribution in [2.24, 2.45) is 0 Å². The van der Waals surface area contributed by atoms with Gasteiger partial charge in [0.1, 0.15) is 11.9 Å². The van der Waals surface area contributed by atoms with E-state index in [1.165, 1.54) is 11.1 Å². The Bertz CT molecular complexity index is 374. The van der Waals surface area contributed by atoms with Gasteiger partial charge in [0.05, 0.1) is 0 Å². The SMILES string of the molecule is CCCNCC(CC)Oc1cc(C)ccc1C(C)C. The van der Waals surface area contributed by atoms with Crippen molar-refractivity contribution < 1.29 is 4.74 Å². The number of ether oxygens (including phenoxy) is 1. The lowest BCUT2D eigenvalue weighted by molar-refractivity contribution is 0.191. The Balaban J connectivity index is 2.74.